The van der Waals surface area contributed by atoms with E-state index in [1.165, 1.54) is 25.3 Å². The lowest BCUT2D eigenvalue weighted by Crippen LogP contribution is -2.14. The molecular formula is C14H21BrFN. The minimum atomic E-state index is -0.203. The molecule has 0 aromatic heterocycles. The molecule has 96 valence electrons. The zero-order valence-corrected chi connectivity index (χ0v) is 12.2. The Morgan fingerprint density at radius 1 is 1.29 bits per heavy atom. The zero-order valence-electron chi connectivity index (χ0n) is 10.6. The van der Waals surface area contributed by atoms with Crippen LogP contribution < -0.4 is 5.32 Å². The first-order valence-corrected chi connectivity index (χ1v) is 7.03. The topological polar surface area (TPSA) is 12.0 Å². The van der Waals surface area contributed by atoms with Gasteiger partial charge >= 0.3 is 0 Å². The van der Waals surface area contributed by atoms with Crippen molar-refractivity contribution in [2.75, 3.05) is 6.54 Å². The highest BCUT2D eigenvalue weighted by Crippen LogP contribution is 2.16. The van der Waals surface area contributed by atoms with Crippen LogP contribution >= 0.6 is 15.9 Å². The Labute approximate surface area is 112 Å². The molecule has 0 aliphatic heterocycles. The molecule has 0 atom stereocenters. The van der Waals surface area contributed by atoms with E-state index in [0.29, 0.717) is 4.47 Å². The maximum Gasteiger partial charge on any atom is 0.137 e. The van der Waals surface area contributed by atoms with E-state index in [2.05, 4.69) is 35.1 Å². The molecule has 0 spiro atoms. The molecule has 1 nitrogen and oxygen atoms in total. The third-order valence-electron chi connectivity index (χ3n) is 2.70. The second kappa shape index (κ2) is 7.83. The second-order valence-corrected chi connectivity index (χ2v) is 5.67. The summed E-state index contributed by atoms with van der Waals surface area (Å²) in [6.07, 6.45) is 3.78. The number of hydrogen-bond donors (Lipinski definition) is 1. The van der Waals surface area contributed by atoms with Crippen LogP contribution in [-0.2, 0) is 6.54 Å². The fraction of sp³-hybridized carbons (Fsp3) is 0.571. The van der Waals surface area contributed by atoms with Gasteiger partial charge in [-0.15, -0.1) is 0 Å². The van der Waals surface area contributed by atoms with Gasteiger partial charge in [0.2, 0.25) is 0 Å². The van der Waals surface area contributed by atoms with Crippen LogP contribution in [0.5, 0.6) is 0 Å². The SMILES string of the molecule is CC(C)CCCCNCc1ccc(F)c(Br)c1. The minimum Gasteiger partial charge on any atom is -0.313 e. The molecule has 0 amide bonds. The standard InChI is InChI=1S/C14H21BrFN/c1-11(2)5-3-4-8-17-10-12-6-7-14(16)13(15)9-12/h6-7,9,11,17H,3-5,8,10H2,1-2H3. The van der Waals surface area contributed by atoms with Crippen molar-refractivity contribution in [3.05, 3.63) is 34.1 Å². The largest absolute Gasteiger partial charge is 0.313 e. The van der Waals surface area contributed by atoms with Gasteiger partial charge in [-0.3, -0.25) is 0 Å². The van der Waals surface area contributed by atoms with Crippen molar-refractivity contribution in [1.82, 2.24) is 5.32 Å². The van der Waals surface area contributed by atoms with Gasteiger partial charge in [0.1, 0.15) is 5.82 Å². The molecule has 0 aliphatic rings. The van der Waals surface area contributed by atoms with Crippen LogP contribution in [0, 0.1) is 11.7 Å². The average Bonchev–Trinajstić information content (AvgIpc) is 2.27. The molecule has 0 fully saturated rings. The van der Waals surface area contributed by atoms with Gasteiger partial charge in [0.05, 0.1) is 4.47 Å². The maximum absolute atomic E-state index is 13.0. The highest BCUT2D eigenvalue weighted by Gasteiger charge is 2.00. The van der Waals surface area contributed by atoms with Gasteiger partial charge in [-0.05, 0) is 52.5 Å². The molecule has 0 unspecified atom stereocenters. The summed E-state index contributed by atoms with van der Waals surface area (Å²) in [4.78, 5) is 0. The van der Waals surface area contributed by atoms with Gasteiger partial charge in [-0.25, -0.2) is 4.39 Å². The molecule has 0 saturated carbocycles. The molecule has 0 aliphatic carbocycles. The number of rotatable bonds is 7. The van der Waals surface area contributed by atoms with Crippen molar-refractivity contribution in [1.29, 1.82) is 0 Å². The van der Waals surface area contributed by atoms with E-state index in [0.717, 1.165) is 24.6 Å². The van der Waals surface area contributed by atoms with Crippen molar-refractivity contribution in [2.45, 2.75) is 39.7 Å². The summed E-state index contributed by atoms with van der Waals surface area (Å²) < 4.78 is 13.5. The lowest BCUT2D eigenvalue weighted by molar-refractivity contribution is 0.520. The molecule has 1 rings (SSSR count). The molecule has 0 heterocycles. The number of hydrogen-bond acceptors (Lipinski definition) is 1. The Morgan fingerprint density at radius 3 is 2.71 bits per heavy atom. The van der Waals surface area contributed by atoms with Crippen LogP contribution in [0.1, 0.15) is 38.7 Å². The van der Waals surface area contributed by atoms with Gasteiger partial charge in [-0.2, -0.15) is 0 Å². The average molecular weight is 302 g/mol. The van der Waals surface area contributed by atoms with Gasteiger partial charge in [0.25, 0.3) is 0 Å². The lowest BCUT2D eigenvalue weighted by atomic mass is 10.1. The molecule has 17 heavy (non-hydrogen) atoms. The summed E-state index contributed by atoms with van der Waals surface area (Å²) in [6.45, 7) is 6.34. The zero-order chi connectivity index (χ0) is 12.7. The first-order valence-electron chi connectivity index (χ1n) is 6.24. The van der Waals surface area contributed by atoms with Gasteiger partial charge in [0.15, 0.2) is 0 Å². The highest BCUT2D eigenvalue weighted by atomic mass is 79.9. The lowest BCUT2D eigenvalue weighted by Gasteiger charge is -2.07. The van der Waals surface area contributed by atoms with Crippen molar-refractivity contribution in [2.24, 2.45) is 5.92 Å². The second-order valence-electron chi connectivity index (χ2n) is 4.81. The molecule has 0 bridgehead atoms. The van der Waals surface area contributed by atoms with Crippen molar-refractivity contribution in [3.8, 4) is 0 Å². The van der Waals surface area contributed by atoms with Crippen LogP contribution in [0.2, 0.25) is 0 Å². The fourth-order valence-electron chi connectivity index (χ4n) is 1.68. The van der Waals surface area contributed by atoms with Gasteiger partial charge < -0.3 is 5.32 Å². The fourth-order valence-corrected chi connectivity index (χ4v) is 2.11. The molecule has 0 saturated heterocycles. The first-order chi connectivity index (χ1) is 8.09. The summed E-state index contributed by atoms with van der Waals surface area (Å²) in [5.74, 6) is 0.591. The van der Waals surface area contributed by atoms with Crippen LogP contribution in [0.4, 0.5) is 4.39 Å². The molecule has 1 aromatic rings. The van der Waals surface area contributed by atoms with E-state index in [1.807, 2.05) is 12.1 Å². The Bertz CT molecular complexity index is 339. The third-order valence-corrected chi connectivity index (χ3v) is 3.31. The molecule has 1 aromatic carbocycles. The quantitative estimate of drug-likeness (QED) is 0.731. The number of unbranched alkanes of at least 4 members (excludes halogenated alkanes) is 1. The van der Waals surface area contributed by atoms with E-state index < -0.39 is 0 Å². The first kappa shape index (κ1) is 14.7. The van der Waals surface area contributed by atoms with Crippen LogP contribution in [0.3, 0.4) is 0 Å². The smallest absolute Gasteiger partial charge is 0.137 e. The third kappa shape index (κ3) is 6.18. The van der Waals surface area contributed by atoms with E-state index in [-0.39, 0.29) is 5.82 Å². The molecule has 1 N–H and O–H groups in total. The van der Waals surface area contributed by atoms with E-state index in [1.54, 1.807) is 0 Å². The predicted molar refractivity (Wildman–Crippen MR) is 74.5 cm³/mol. The molecule has 3 heteroatoms. The van der Waals surface area contributed by atoms with E-state index in [4.69, 9.17) is 0 Å². The maximum atomic E-state index is 13.0. The Balaban J connectivity index is 2.16. The summed E-state index contributed by atoms with van der Waals surface area (Å²) in [7, 11) is 0. The van der Waals surface area contributed by atoms with E-state index >= 15 is 0 Å². The van der Waals surface area contributed by atoms with Crippen LogP contribution in [-0.4, -0.2) is 6.54 Å². The highest BCUT2D eigenvalue weighted by molar-refractivity contribution is 9.10. The monoisotopic (exact) mass is 301 g/mol. The van der Waals surface area contributed by atoms with Gasteiger partial charge in [0, 0.05) is 6.54 Å². The summed E-state index contributed by atoms with van der Waals surface area (Å²) in [5, 5.41) is 3.38. The van der Waals surface area contributed by atoms with Crippen molar-refractivity contribution in [3.63, 3.8) is 0 Å². The number of benzene rings is 1. The van der Waals surface area contributed by atoms with Crippen LogP contribution in [0.15, 0.2) is 22.7 Å². The Kier molecular flexibility index (Phi) is 6.75. The van der Waals surface area contributed by atoms with Gasteiger partial charge in [-0.1, -0.05) is 32.8 Å². The minimum absolute atomic E-state index is 0.203. The number of halogens is 2. The van der Waals surface area contributed by atoms with Crippen LogP contribution in [0.25, 0.3) is 0 Å². The summed E-state index contributed by atoms with van der Waals surface area (Å²) >= 11 is 3.19. The Hall–Kier alpha value is -0.410. The molecule has 0 radical (unpaired) electrons. The normalized spacial score (nSPS) is 11.1. The summed E-state index contributed by atoms with van der Waals surface area (Å²) in [5.41, 5.74) is 1.11. The Morgan fingerprint density at radius 2 is 2.06 bits per heavy atom. The van der Waals surface area contributed by atoms with Crippen molar-refractivity contribution >= 4 is 15.9 Å². The van der Waals surface area contributed by atoms with Crippen molar-refractivity contribution < 1.29 is 4.39 Å². The molecular weight excluding hydrogens is 281 g/mol. The summed E-state index contributed by atoms with van der Waals surface area (Å²) in [6, 6.07) is 5.15. The van der Waals surface area contributed by atoms with E-state index in [9.17, 15) is 4.39 Å². The predicted octanol–water partition coefficient (Wildman–Crippen LogP) is 4.50. The number of nitrogens with one attached hydrogen (secondary N) is 1.